The first-order valence-electron chi connectivity index (χ1n) is 6.98. The molecule has 0 unspecified atom stereocenters. The van der Waals surface area contributed by atoms with Gasteiger partial charge in [-0.15, -0.1) is 0 Å². The molecule has 0 bridgehead atoms. The smallest absolute Gasteiger partial charge is 0.339 e. The summed E-state index contributed by atoms with van der Waals surface area (Å²) in [6.07, 6.45) is 3.06. The molecule has 1 aromatic heterocycles. The van der Waals surface area contributed by atoms with Crippen molar-refractivity contribution < 1.29 is 9.90 Å². The third-order valence-corrected chi connectivity index (χ3v) is 3.77. The largest absolute Gasteiger partial charge is 0.478 e. The van der Waals surface area contributed by atoms with E-state index in [2.05, 4.69) is 26.9 Å². The molecule has 0 saturated carbocycles. The summed E-state index contributed by atoms with van der Waals surface area (Å²) < 4.78 is 0. The van der Waals surface area contributed by atoms with Gasteiger partial charge in [-0.2, -0.15) is 0 Å². The number of benzene rings is 1. The van der Waals surface area contributed by atoms with Gasteiger partial charge in [0.25, 0.3) is 0 Å². The molecule has 108 valence electrons. The van der Waals surface area contributed by atoms with Crippen molar-refractivity contribution in [2.45, 2.75) is 0 Å². The molecular weight excluding hydrogens is 266 g/mol. The molecule has 0 radical (unpaired) electrons. The van der Waals surface area contributed by atoms with Crippen LogP contribution in [0.2, 0.25) is 0 Å². The molecule has 3 rings (SSSR count). The van der Waals surface area contributed by atoms with Gasteiger partial charge in [0, 0.05) is 44.3 Å². The highest BCUT2D eigenvalue weighted by molar-refractivity contribution is 5.94. The molecule has 1 aliphatic rings. The first-order valence-corrected chi connectivity index (χ1v) is 6.98. The van der Waals surface area contributed by atoms with Crippen molar-refractivity contribution in [1.82, 2.24) is 4.98 Å². The second-order valence-corrected chi connectivity index (χ2v) is 5.01. The Morgan fingerprint density at radius 1 is 1.00 bits per heavy atom. The summed E-state index contributed by atoms with van der Waals surface area (Å²) in [6.45, 7) is 3.37. The van der Waals surface area contributed by atoms with E-state index in [9.17, 15) is 9.90 Å². The molecule has 1 aromatic carbocycles. The lowest BCUT2D eigenvalue weighted by Crippen LogP contribution is -2.47. The SMILES string of the molecule is O=C(O)c1cnccc1N1CCN(c2ccccc2)CC1. The molecule has 2 aromatic rings. The molecular formula is C16H17N3O2. The zero-order chi connectivity index (χ0) is 14.7. The van der Waals surface area contributed by atoms with E-state index in [-0.39, 0.29) is 5.56 Å². The first-order chi connectivity index (χ1) is 10.3. The summed E-state index contributed by atoms with van der Waals surface area (Å²) >= 11 is 0. The molecule has 5 nitrogen and oxygen atoms in total. The van der Waals surface area contributed by atoms with Crippen LogP contribution in [-0.2, 0) is 0 Å². The minimum Gasteiger partial charge on any atom is -0.478 e. The van der Waals surface area contributed by atoms with Crippen molar-refractivity contribution in [2.24, 2.45) is 0 Å². The van der Waals surface area contributed by atoms with Crippen LogP contribution in [0, 0.1) is 0 Å². The van der Waals surface area contributed by atoms with Gasteiger partial charge in [0.15, 0.2) is 0 Å². The summed E-state index contributed by atoms with van der Waals surface area (Å²) in [6, 6.07) is 12.1. The number of hydrogen-bond donors (Lipinski definition) is 1. The molecule has 0 amide bonds. The number of carbonyl (C=O) groups is 1. The third-order valence-electron chi connectivity index (χ3n) is 3.77. The van der Waals surface area contributed by atoms with Gasteiger partial charge < -0.3 is 14.9 Å². The average molecular weight is 283 g/mol. The van der Waals surface area contributed by atoms with E-state index in [0.29, 0.717) is 0 Å². The molecule has 1 N–H and O–H groups in total. The maximum absolute atomic E-state index is 11.3. The summed E-state index contributed by atoms with van der Waals surface area (Å²) in [4.78, 5) is 19.6. The van der Waals surface area contributed by atoms with Crippen LogP contribution >= 0.6 is 0 Å². The Morgan fingerprint density at radius 2 is 1.67 bits per heavy atom. The molecule has 1 fully saturated rings. The van der Waals surface area contributed by atoms with Gasteiger partial charge in [0.05, 0.1) is 5.69 Å². The molecule has 0 spiro atoms. The Kier molecular flexibility index (Phi) is 3.73. The minimum atomic E-state index is -0.927. The highest BCUT2D eigenvalue weighted by Crippen LogP contribution is 2.23. The van der Waals surface area contributed by atoms with Crippen LogP contribution in [0.1, 0.15) is 10.4 Å². The normalized spacial score (nSPS) is 15.0. The molecule has 0 atom stereocenters. The highest BCUT2D eigenvalue weighted by atomic mass is 16.4. The molecule has 2 heterocycles. The first kappa shape index (κ1) is 13.4. The van der Waals surface area contributed by atoms with E-state index in [4.69, 9.17) is 0 Å². The van der Waals surface area contributed by atoms with Crippen LogP contribution in [0.25, 0.3) is 0 Å². The van der Waals surface area contributed by atoms with E-state index in [0.717, 1.165) is 31.9 Å². The van der Waals surface area contributed by atoms with Crippen LogP contribution in [0.15, 0.2) is 48.8 Å². The highest BCUT2D eigenvalue weighted by Gasteiger charge is 2.21. The molecule has 21 heavy (non-hydrogen) atoms. The van der Waals surface area contributed by atoms with Gasteiger partial charge in [-0.05, 0) is 18.2 Å². The number of carboxylic acid groups (broad SMARTS) is 1. The maximum atomic E-state index is 11.3. The third kappa shape index (κ3) is 2.81. The van der Waals surface area contributed by atoms with E-state index in [1.54, 1.807) is 12.3 Å². The van der Waals surface area contributed by atoms with Crippen molar-refractivity contribution in [2.75, 3.05) is 36.0 Å². The number of piperazine rings is 1. The maximum Gasteiger partial charge on any atom is 0.339 e. The lowest BCUT2D eigenvalue weighted by Gasteiger charge is -2.37. The summed E-state index contributed by atoms with van der Waals surface area (Å²) in [5.41, 5.74) is 2.24. The summed E-state index contributed by atoms with van der Waals surface area (Å²) in [5.74, 6) is -0.927. The number of nitrogens with zero attached hydrogens (tertiary/aromatic N) is 3. The Labute approximate surface area is 123 Å². The Bertz CT molecular complexity index is 622. The van der Waals surface area contributed by atoms with Crippen molar-refractivity contribution in [1.29, 1.82) is 0 Å². The second kappa shape index (κ2) is 5.83. The number of hydrogen-bond acceptors (Lipinski definition) is 4. The number of aromatic nitrogens is 1. The average Bonchev–Trinajstić information content (AvgIpc) is 2.56. The fourth-order valence-electron chi connectivity index (χ4n) is 2.67. The van der Waals surface area contributed by atoms with E-state index in [1.807, 2.05) is 18.2 Å². The predicted octanol–water partition coefficient (Wildman–Crippen LogP) is 2.11. The van der Waals surface area contributed by atoms with Gasteiger partial charge in [0.2, 0.25) is 0 Å². The Morgan fingerprint density at radius 3 is 2.33 bits per heavy atom. The van der Waals surface area contributed by atoms with Crippen molar-refractivity contribution in [3.8, 4) is 0 Å². The zero-order valence-electron chi connectivity index (χ0n) is 11.6. The van der Waals surface area contributed by atoms with Crippen LogP contribution in [0.3, 0.4) is 0 Å². The fraction of sp³-hybridized carbons (Fsp3) is 0.250. The number of carboxylic acids is 1. The van der Waals surface area contributed by atoms with Crippen molar-refractivity contribution >= 4 is 17.3 Å². The Balaban J connectivity index is 1.73. The van der Waals surface area contributed by atoms with Crippen LogP contribution < -0.4 is 9.80 Å². The van der Waals surface area contributed by atoms with Crippen LogP contribution in [0.4, 0.5) is 11.4 Å². The van der Waals surface area contributed by atoms with Crippen molar-refractivity contribution in [3.05, 3.63) is 54.4 Å². The van der Waals surface area contributed by atoms with Crippen LogP contribution in [-0.4, -0.2) is 42.2 Å². The summed E-state index contributed by atoms with van der Waals surface area (Å²) in [7, 11) is 0. The van der Waals surface area contributed by atoms with Gasteiger partial charge >= 0.3 is 5.97 Å². The van der Waals surface area contributed by atoms with Gasteiger partial charge in [0.1, 0.15) is 5.56 Å². The number of pyridine rings is 1. The van der Waals surface area contributed by atoms with Gasteiger partial charge in [-0.3, -0.25) is 4.98 Å². The lowest BCUT2D eigenvalue weighted by atomic mass is 10.2. The number of rotatable bonds is 3. The van der Waals surface area contributed by atoms with E-state index >= 15 is 0 Å². The number of anilines is 2. The van der Waals surface area contributed by atoms with E-state index < -0.39 is 5.97 Å². The zero-order valence-corrected chi connectivity index (χ0v) is 11.6. The molecule has 5 heteroatoms. The van der Waals surface area contributed by atoms with Crippen LogP contribution in [0.5, 0.6) is 0 Å². The molecule has 1 saturated heterocycles. The topological polar surface area (TPSA) is 56.7 Å². The number of para-hydroxylation sites is 1. The predicted molar refractivity (Wildman–Crippen MR) is 82.1 cm³/mol. The van der Waals surface area contributed by atoms with E-state index in [1.165, 1.54) is 11.9 Å². The number of aromatic carboxylic acids is 1. The second-order valence-electron chi connectivity index (χ2n) is 5.01. The monoisotopic (exact) mass is 283 g/mol. The molecule has 1 aliphatic heterocycles. The molecule has 0 aliphatic carbocycles. The standard InChI is InChI=1S/C16H17N3O2/c20-16(21)14-12-17-7-6-15(14)19-10-8-18(9-11-19)13-4-2-1-3-5-13/h1-7,12H,8-11H2,(H,20,21). The van der Waals surface area contributed by atoms with Gasteiger partial charge in [-0.25, -0.2) is 4.79 Å². The summed E-state index contributed by atoms with van der Waals surface area (Å²) in [5, 5.41) is 9.25. The van der Waals surface area contributed by atoms with Gasteiger partial charge in [-0.1, -0.05) is 18.2 Å². The van der Waals surface area contributed by atoms with Crippen molar-refractivity contribution in [3.63, 3.8) is 0 Å². The Hall–Kier alpha value is -2.56. The quantitative estimate of drug-likeness (QED) is 0.935. The lowest BCUT2D eigenvalue weighted by molar-refractivity contribution is 0.0697. The fourth-order valence-corrected chi connectivity index (χ4v) is 2.67. The minimum absolute atomic E-state index is 0.269.